The third-order valence-corrected chi connectivity index (χ3v) is 2.47. The van der Waals surface area contributed by atoms with E-state index in [1.54, 1.807) is 18.3 Å². The smallest absolute Gasteiger partial charge is 0.179 e. The Bertz CT molecular complexity index is 520. The molecule has 0 aliphatic heterocycles. The Morgan fingerprint density at radius 3 is 2.53 bits per heavy atom. The molecule has 0 radical (unpaired) electrons. The molecule has 2 aromatic rings. The van der Waals surface area contributed by atoms with Crippen LogP contribution in [-0.4, -0.2) is 19.9 Å². The summed E-state index contributed by atoms with van der Waals surface area (Å²) >= 11 is 6.01. The molecular formula is C12H13ClN4. The summed E-state index contributed by atoms with van der Waals surface area (Å²) < 4.78 is 0. The SMILES string of the molecule is CC(C)(C)c1cc(Cl)nc(-c2ccncn2)n1. The number of hydrogen-bond acceptors (Lipinski definition) is 4. The fourth-order valence-electron chi connectivity index (χ4n) is 1.34. The van der Waals surface area contributed by atoms with E-state index in [0.717, 1.165) is 5.69 Å². The maximum atomic E-state index is 6.01. The first-order chi connectivity index (χ1) is 7.97. The highest BCUT2D eigenvalue weighted by molar-refractivity contribution is 6.29. The fraction of sp³-hybridized carbons (Fsp3) is 0.333. The lowest BCUT2D eigenvalue weighted by Crippen LogP contribution is -2.14. The summed E-state index contributed by atoms with van der Waals surface area (Å²) in [7, 11) is 0. The van der Waals surface area contributed by atoms with Crippen molar-refractivity contribution in [2.45, 2.75) is 26.2 Å². The monoisotopic (exact) mass is 248 g/mol. The number of halogens is 1. The van der Waals surface area contributed by atoms with Crippen LogP contribution in [0.1, 0.15) is 26.5 Å². The molecule has 0 aliphatic carbocycles. The van der Waals surface area contributed by atoms with Crippen LogP contribution in [0.5, 0.6) is 0 Å². The second kappa shape index (κ2) is 4.37. The van der Waals surface area contributed by atoms with Gasteiger partial charge in [-0.3, -0.25) is 0 Å². The number of aromatic nitrogens is 4. The van der Waals surface area contributed by atoms with Gasteiger partial charge in [0.15, 0.2) is 5.82 Å². The number of rotatable bonds is 1. The number of nitrogens with zero attached hydrogens (tertiary/aromatic N) is 4. The molecule has 0 bridgehead atoms. The van der Waals surface area contributed by atoms with Gasteiger partial charge in [-0.2, -0.15) is 0 Å². The molecule has 0 amide bonds. The molecule has 88 valence electrons. The van der Waals surface area contributed by atoms with Gasteiger partial charge in [-0.15, -0.1) is 0 Å². The van der Waals surface area contributed by atoms with Crippen molar-refractivity contribution in [3.63, 3.8) is 0 Å². The van der Waals surface area contributed by atoms with Gasteiger partial charge in [0.25, 0.3) is 0 Å². The highest BCUT2D eigenvalue weighted by atomic mass is 35.5. The van der Waals surface area contributed by atoms with E-state index in [2.05, 4.69) is 40.7 Å². The lowest BCUT2D eigenvalue weighted by atomic mass is 9.92. The summed E-state index contributed by atoms with van der Waals surface area (Å²) in [5.74, 6) is 0.532. The minimum Gasteiger partial charge on any atom is -0.245 e. The van der Waals surface area contributed by atoms with Crippen molar-refractivity contribution < 1.29 is 0 Å². The Hall–Kier alpha value is -1.55. The molecule has 0 unspecified atom stereocenters. The molecule has 4 nitrogen and oxygen atoms in total. The van der Waals surface area contributed by atoms with Crippen LogP contribution in [0, 0.1) is 0 Å². The van der Waals surface area contributed by atoms with Gasteiger partial charge in [-0.25, -0.2) is 19.9 Å². The van der Waals surface area contributed by atoms with Gasteiger partial charge in [-0.1, -0.05) is 32.4 Å². The Labute approximate surface area is 105 Å². The zero-order valence-electron chi connectivity index (χ0n) is 9.98. The summed E-state index contributed by atoms with van der Waals surface area (Å²) in [6.45, 7) is 6.24. The molecule has 2 aromatic heterocycles. The molecule has 0 aliphatic rings. The predicted octanol–water partition coefficient (Wildman–Crippen LogP) is 2.88. The summed E-state index contributed by atoms with van der Waals surface area (Å²) in [4.78, 5) is 16.7. The van der Waals surface area contributed by atoms with Crippen LogP contribution in [0.15, 0.2) is 24.7 Å². The van der Waals surface area contributed by atoms with Crippen molar-refractivity contribution >= 4 is 11.6 Å². The molecule has 0 fully saturated rings. The zero-order valence-corrected chi connectivity index (χ0v) is 10.7. The quantitative estimate of drug-likeness (QED) is 0.728. The summed E-state index contributed by atoms with van der Waals surface area (Å²) in [5.41, 5.74) is 1.49. The Morgan fingerprint density at radius 1 is 1.18 bits per heavy atom. The Morgan fingerprint density at radius 2 is 1.94 bits per heavy atom. The van der Waals surface area contributed by atoms with Crippen LogP contribution in [0.3, 0.4) is 0 Å². The lowest BCUT2D eigenvalue weighted by molar-refractivity contribution is 0.567. The Kier molecular flexibility index (Phi) is 3.07. The first kappa shape index (κ1) is 11.9. The topological polar surface area (TPSA) is 51.6 Å². The molecule has 0 aromatic carbocycles. The third kappa shape index (κ3) is 2.77. The predicted molar refractivity (Wildman–Crippen MR) is 66.8 cm³/mol. The zero-order chi connectivity index (χ0) is 12.5. The molecule has 5 heteroatoms. The minimum atomic E-state index is -0.0750. The Balaban J connectivity index is 2.54. The highest BCUT2D eigenvalue weighted by Gasteiger charge is 2.18. The first-order valence-electron chi connectivity index (χ1n) is 5.28. The first-order valence-corrected chi connectivity index (χ1v) is 5.66. The van der Waals surface area contributed by atoms with E-state index in [-0.39, 0.29) is 5.41 Å². The second-order valence-corrected chi connectivity index (χ2v) is 5.13. The maximum absolute atomic E-state index is 6.01. The van der Waals surface area contributed by atoms with E-state index in [4.69, 9.17) is 11.6 Å². The average Bonchev–Trinajstić information content (AvgIpc) is 2.28. The van der Waals surface area contributed by atoms with Gasteiger partial charge in [0.1, 0.15) is 17.2 Å². The van der Waals surface area contributed by atoms with Crippen molar-refractivity contribution in [3.8, 4) is 11.5 Å². The molecular weight excluding hydrogens is 236 g/mol. The van der Waals surface area contributed by atoms with Crippen molar-refractivity contribution in [3.05, 3.63) is 35.5 Å². The van der Waals surface area contributed by atoms with E-state index in [0.29, 0.717) is 16.7 Å². The summed E-state index contributed by atoms with van der Waals surface area (Å²) in [5, 5.41) is 0.429. The normalized spacial score (nSPS) is 11.5. The second-order valence-electron chi connectivity index (χ2n) is 4.74. The van der Waals surface area contributed by atoms with E-state index in [9.17, 15) is 0 Å². The van der Waals surface area contributed by atoms with Gasteiger partial charge < -0.3 is 0 Å². The van der Waals surface area contributed by atoms with Gasteiger partial charge >= 0.3 is 0 Å². The summed E-state index contributed by atoms with van der Waals surface area (Å²) in [6, 6.07) is 3.55. The van der Waals surface area contributed by atoms with Gasteiger partial charge in [0.2, 0.25) is 0 Å². The van der Waals surface area contributed by atoms with E-state index in [1.165, 1.54) is 6.33 Å². The standard InChI is InChI=1S/C12H13ClN4/c1-12(2,3)9-6-10(13)17-11(16-9)8-4-5-14-7-15-8/h4-7H,1-3H3. The van der Waals surface area contributed by atoms with Crippen LogP contribution in [0.2, 0.25) is 5.15 Å². The number of hydrogen-bond donors (Lipinski definition) is 0. The van der Waals surface area contributed by atoms with Gasteiger partial charge in [0.05, 0.1) is 5.69 Å². The minimum absolute atomic E-state index is 0.0750. The molecule has 2 heterocycles. The fourth-order valence-corrected chi connectivity index (χ4v) is 1.52. The van der Waals surface area contributed by atoms with Crippen LogP contribution < -0.4 is 0 Å². The van der Waals surface area contributed by atoms with Crippen molar-refractivity contribution in [1.29, 1.82) is 0 Å². The molecule has 0 saturated heterocycles. The summed E-state index contributed by atoms with van der Waals surface area (Å²) in [6.07, 6.45) is 3.12. The van der Waals surface area contributed by atoms with Crippen LogP contribution >= 0.6 is 11.6 Å². The largest absolute Gasteiger partial charge is 0.245 e. The maximum Gasteiger partial charge on any atom is 0.179 e. The average molecular weight is 249 g/mol. The van der Waals surface area contributed by atoms with Crippen LogP contribution in [-0.2, 0) is 5.41 Å². The van der Waals surface area contributed by atoms with E-state index in [1.807, 2.05) is 0 Å². The van der Waals surface area contributed by atoms with E-state index >= 15 is 0 Å². The van der Waals surface area contributed by atoms with Crippen molar-refractivity contribution in [2.24, 2.45) is 0 Å². The molecule has 0 saturated carbocycles. The molecule has 0 N–H and O–H groups in total. The highest BCUT2D eigenvalue weighted by Crippen LogP contribution is 2.24. The van der Waals surface area contributed by atoms with Crippen LogP contribution in [0.25, 0.3) is 11.5 Å². The van der Waals surface area contributed by atoms with Crippen molar-refractivity contribution in [2.75, 3.05) is 0 Å². The lowest BCUT2D eigenvalue weighted by Gasteiger charge is -2.18. The molecule has 0 atom stereocenters. The molecule has 2 rings (SSSR count). The molecule has 17 heavy (non-hydrogen) atoms. The van der Waals surface area contributed by atoms with Crippen LogP contribution in [0.4, 0.5) is 0 Å². The third-order valence-electron chi connectivity index (χ3n) is 2.27. The van der Waals surface area contributed by atoms with E-state index < -0.39 is 0 Å². The van der Waals surface area contributed by atoms with Crippen molar-refractivity contribution in [1.82, 2.24) is 19.9 Å². The van der Waals surface area contributed by atoms with Gasteiger partial charge in [-0.05, 0) is 12.1 Å². The molecule has 0 spiro atoms. The van der Waals surface area contributed by atoms with Gasteiger partial charge in [0, 0.05) is 11.6 Å².